The van der Waals surface area contributed by atoms with Gasteiger partial charge in [0.05, 0.1) is 23.8 Å². The highest BCUT2D eigenvalue weighted by Gasteiger charge is 2.20. The maximum absolute atomic E-state index is 13.5. The summed E-state index contributed by atoms with van der Waals surface area (Å²) in [6.45, 7) is 1.75. The van der Waals surface area contributed by atoms with Gasteiger partial charge in [-0.1, -0.05) is 0 Å². The number of hydrogen-bond donors (Lipinski definition) is 0. The fraction of sp³-hybridized carbons (Fsp3) is 0.182. The monoisotopic (exact) mass is 251 g/mol. The van der Waals surface area contributed by atoms with Crippen molar-refractivity contribution in [1.29, 1.82) is 0 Å². The molecule has 0 N–H and O–H groups in total. The molecule has 1 heterocycles. The van der Waals surface area contributed by atoms with Crippen molar-refractivity contribution in [2.24, 2.45) is 0 Å². The minimum Gasteiger partial charge on any atom is -0.494 e. The Kier molecular flexibility index (Phi) is 2.97. The van der Waals surface area contributed by atoms with Crippen LogP contribution in [0, 0.1) is 22.9 Å². The van der Waals surface area contributed by atoms with Gasteiger partial charge >= 0.3 is 0 Å². The Hall–Kier alpha value is -2.44. The Morgan fingerprint density at radius 1 is 1.50 bits per heavy atom. The maximum Gasteiger partial charge on any atom is 0.298 e. The molecule has 0 atom stereocenters. The number of methoxy groups -OCH3 is 1. The summed E-state index contributed by atoms with van der Waals surface area (Å²) in [4.78, 5) is 10.3. The fourth-order valence-corrected chi connectivity index (χ4v) is 1.57. The molecule has 0 aliphatic carbocycles. The van der Waals surface area contributed by atoms with E-state index in [-0.39, 0.29) is 17.1 Å². The Morgan fingerprint density at radius 3 is 2.72 bits per heavy atom. The summed E-state index contributed by atoms with van der Waals surface area (Å²) in [5, 5.41) is 15.0. The molecule has 0 fully saturated rings. The van der Waals surface area contributed by atoms with Crippen molar-refractivity contribution >= 4 is 5.69 Å². The second-order valence-corrected chi connectivity index (χ2v) is 3.63. The molecule has 94 valence electrons. The molecular formula is C11H10FN3O3. The first-order valence-corrected chi connectivity index (χ1v) is 5.07. The van der Waals surface area contributed by atoms with Crippen LogP contribution in [0.4, 0.5) is 10.1 Å². The zero-order chi connectivity index (χ0) is 13.3. The maximum atomic E-state index is 13.5. The molecule has 2 aromatic rings. The Bertz CT molecular complexity index is 610. The third-order valence-electron chi connectivity index (χ3n) is 2.41. The molecule has 0 aliphatic rings. The first-order chi connectivity index (χ1) is 8.52. The van der Waals surface area contributed by atoms with Crippen LogP contribution in [-0.4, -0.2) is 21.8 Å². The molecule has 2 rings (SSSR count). The smallest absolute Gasteiger partial charge is 0.298 e. The van der Waals surface area contributed by atoms with E-state index in [0.717, 1.165) is 6.07 Å². The van der Waals surface area contributed by atoms with Crippen LogP contribution in [0.5, 0.6) is 5.75 Å². The van der Waals surface area contributed by atoms with Crippen LogP contribution >= 0.6 is 0 Å². The highest BCUT2D eigenvalue weighted by atomic mass is 19.1. The predicted molar refractivity (Wildman–Crippen MR) is 61.5 cm³/mol. The van der Waals surface area contributed by atoms with Gasteiger partial charge in [0.2, 0.25) is 0 Å². The second kappa shape index (κ2) is 4.44. The van der Waals surface area contributed by atoms with Gasteiger partial charge in [0, 0.05) is 12.3 Å². The molecule has 1 aromatic heterocycles. The van der Waals surface area contributed by atoms with E-state index in [0.29, 0.717) is 5.69 Å². The molecule has 0 aliphatic heterocycles. The summed E-state index contributed by atoms with van der Waals surface area (Å²) in [5.74, 6) is -0.847. The molecule has 0 saturated heterocycles. The van der Waals surface area contributed by atoms with E-state index in [1.807, 2.05) is 0 Å². The number of hydrogen-bond acceptors (Lipinski definition) is 4. The van der Waals surface area contributed by atoms with Crippen LogP contribution < -0.4 is 4.74 Å². The minimum atomic E-state index is -0.781. The van der Waals surface area contributed by atoms with Crippen LogP contribution in [0.2, 0.25) is 0 Å². The van der Waals surface area contributed by atoms with E-state index >= 15 is 0 Å². The fourth-order valence-electron chi connectivity index (χ4n) is 1.57. The first kappa shape index (κ1) is 12.0. The van der Waals surface area contributed by atoms with E-state index in [4.69, 9.17) is 4.74 Å². The zero-order valence-electron chi connectivity index (χ0n) is 9.75. The van der Waals surface area contributed by atoms with Crippen LogP contribution in [0.15, 0.2) is 24.4 Å². The van der Waals surface area contributed by atoms with E-state index < -0.39 is 10.7 Å². The van der Waals surface area contributed by atoms with Crippen LogP contribution in [-0.2, 0) is 0 Å². The van der Waals surface area contributed by atoms with Crippen molar-refractivity contribution in [3.05, 3.63) is 46.0 Å². The number of benzene rings is 1. The molecule has 0 unspecified atom stereocenters. The molecule has 18 heavy (non-hydrogen) atoms. The minimum absolute atomic E-state index is 0.0660. The topological polar surface area (TPSA) is 70.2 Å². The standard InChI is InChI=1S/C11H10FN3O3/c1-7-3-4-14(13-7)9-6-11(18-2)8(12)5-10(9)15(16)17/h3-6H,1-2H3. The van der Waals surface area contributed by atoms with Gasteiger partial charge in [-0.2, -0.15) is 5.10 Å². The van der Waals surface area contributed by atoms with Gasteiger partial charge in [-0.05, 0) is 13.0 Å². The second-order valence-electron chi connectivity index (χ2n) is 3.63. The van der Waals surface area contributed by atoms with Crippen LogP contribution in [0.25, 0.3) is 5.69 Å². The molecule has 7 heteroatoms. The highest BCUT2D eigenvalue weighted by Crippen LogP contribution is 2.30. The lowest BCUT2D eigenvalue weighted by molar-refractivity contribution is -0.384. The Morgan fingerprint density at radius 2 is 2.22 bits per heavy atom. The third-order valence-corrected chi connectivity index (χ3v) is 2.41. The van der Waals surface area contributed by atoms with Gasteiger partial charge in [0.1, 0.15) is 5.69 Å². The lowest BCUT2D eigenvalue weighted by atomic mass is 10.2. The third kappa shape index (κ3) is 2.02. The largest absolute Gasteiger partial charge is 0.494 e. The molecular weight excluding hydrogens is 241 g/mol. The van der Waals surface area contributed by atoms with Crippen molar-refractivity contribution in [3.63, 3.8) is 0 Å². The lowest BCUT2D eigenvalue weighted by Crippen LogP contribution is -2.03. The van der Waals surface area contributed by atoms with Gasteiger partial charge < -0.3 is 4.74 Å². The summed E-state index contributed by atoms with van der Waals surface area (Å²) in [6.07, 6.45) is 1.56. The molecule has 0 saturated carbocycles. The summed E-state index contributed by atoms with van der Waals surface area (Å²) in [5.41, 5.74) is 0.496. The quantitative estimate of drug-likeness (QED) is 0.619. The number of rotatable bonds is 3. The van der Waals surface area contributed by atoms with Crippen molar-refractivity contribution in [1.82, 2.24) is 9.78 Å². The average molecular weight is 251 g/mol. The number of nitro benzene ring substituents is 1. The van der Waals surface area contributed by atoms with Crippen LogP contribution in [0.3, 0.4) is 0 Å². The van der Waals surface area contributed by atoms with Crippen molar-refractivity contribution in [2.75, 3.05) is 7.11 Å². The summed E-state index contributed by atoms with van der Waals surface area (Å²) < 4.78 is 19.6. The number of aryl methyl sites for hydroxylation is 1. The molecule has 6 nitrogen and oxygen atoms in total. The van der Waals surface area contributed by atoms with E-state index in [1.54, 1.807) is 19.2 Å². The van der Waals surface area contributed by atoms with Crippen molar-refractivity contribution < 1.29 is 14.1 Å². The van der Waals surface area contributed by atoms with Gasteiger partial charge in [0.25, 0.3) is 5.69 Å². The molecule has 0 amide bonds. The normalized spacial score (nSPS) is 10.4. The van der Waals surface area contributed by atoms with Gasteiger partial charge in [-0.15, -0.1) is 0 Å². The van der Waals surface area contributed by atoms with E-state index in [2.05, 4.69) is 5.10 Å². The van der Waals surface area contributed by atoms with Gasteiger partial charge in [-0.3, -0.25) is 10.1 Å². The van der Waals surface area contributed by atoms with Gasteiger partial charge in [0.15, 0.2) is 11.6 Å². The SMILES string of the molecule is COc1cc(-n2ccc(C)n2)c([N+](=O)[O-])cc1F. The Labute approximate surface area is 102 Å². The molecule has 0 radical (unpaired) electrons. The lowest BCUT2D eigenvalue weighted by Gasteiger charge is -2.07. The van der Waals surface area contributed by atoms with E-state index in [9.17, 15) is 14.5 Å². The predicted octanol–water partition coefficient (Wildman–Crippen LogP) is 2.24. The summed E-state index contributed by atoms with van der Waals surface area (Å²) in [6, 6.07) is 3.77. The molecule has 0 spiro atoms. The number of nitro groups is 1. The number of nitrogens with zero attached hydrogens (tertiary/aromatic N) is 3. The number of aromatic nitrogens is 2. The Balaban J connectivity index is 2.66. The van der Waals surface area contributed by atoms with E-state index in [1.165, 1.54) is 17.9 Å². The van der Waals surface area contributed by atoms with Crippen LogP contribution in [0.1, 0.15) is 5.69 Å². The summed E-state index contributed by atoms with van der Waals surface area (Å²) in [7, 11) is 1.29. The van der Waals surface area contributed by atoms with Crippen molar-refractivity contribution in [2.45, 2.75) is 6.92 Å². The van der Waals surface area contributed by atoms with Crippen molar-refractivity contribution in [3.8, 4) is 11.4 Å². The number of ether oxygens (including phenoxy) is 1. The summed E-state index contributed by atoms with van der Waals surface area (Å²) >= 11 is 0. The highest BCUT2D eigenvalue weighted by molar-refractivity contribution is 5.56. The average Bonchev–Trinajstić information content (AvgIpc) is 2.75. The molecule has 0 bridgehead atoms. The molecule has 1 aromatic carbocycles. The number of halogens is 1. The first-order valence-electron chi connectivity index (χ1n) is 5.07. The van der Waals surface area contributed by atoms with Gasteiger partial charge in [-0.25, -0.2) is 9.07 Å². The zero-order valence-corrected chi connectivity index (χ0v) is 9.75.